The number of halogens is 1. The van der Waals surface area contributed by atoms with Crippen molar-refractivity contribution in [1.82, 2.24) is 30.6 Å². The number of phosphoric ester groups is 1. The number of aryl methyl sites for hydroxylation is 1. The summed E-state index contributed by atoms with van der Waals surface area (Å²) in [5.74, 6) is -1.62. The van der Waals surface area contributed by atoms with Crippen molar-refractivity contribution in [3.8, 4) is 5.75 Å². The number of methoxy groups -OCH3 is 1. The summed E-state index contributed by atoms with van der Waals surface area (Å²) >= 11 is 0.704. The number of hydrogen-bond acceptors (Lipinski definition) is 19. The lowest BCUT2D eigenvalue weighted by molar-refractivity contribution is -0.237. The van der Waals surface area contributed by atoms with Crippen molar-refractivity contribution in [2.75, 3.05) is 26.1 Å². The monoisotopic (exact) mass is 907 g/mol. The molecule has 326 valence electrons. The number of nitrogens with zero attached hydrogens (tertiary/aromatic N) is 5. The molecule has 1 amide bonds. The normalized spacial score (nSPS) is 31.8. The predicted molar refractivity (Wildman–Crippen MR) is 210 cm³/mol. The van der Waals surface area contributed by atoms with Gasteiger partial charge in [-0.1, -0.05) is 29.8 Å². The number of allylic oxidation sites excluding steroid dienone is 1. The van der Waals surface area contributed by atoms with Crippen LogP contribution in [-0.4, -0.2) is 105 Å². The van der Waals surface area contributed by atoms with Crippen molar-refractivity contribution in [2.45, 2.75) is 68.2 Å². The summed E-state index contributed by atoms with van der Waals surface area (Å²) in [4.78, 5) is 64.1. The van der Waals surface area contributed by atoms with E-state index in [1.54, 1.807) is 48.5 Å². The van der Waals surface area contributed by atoms with Crippen LogP contribution in [-0.2, 0) is 56.8 Å². The summed E-state index contributed by atoms with van der Waals surface area (Å²) in [5.41, 5.74) is 8.38. The van der Waals surface area contributed by atoms with Crippen molar-refractivity contribution < 1.29 is 69.8 Å². The van der Waals surface area contributed by atoms with E-state index in [0.29, 0.717) is 22.5 Å². The van der Waals surface area contributed by atoms with Crippen LogP contribution in [0.2, 0.25) is 0 Å². The third-order valence-corrected chi connectivity index (χ3v) is 14.5. The first kappa shape index (κ1) is 44.6. The van der Waals surface area contributed by atoms with Crippen LogP contribution in [0.4, 0.5) is 10.2 Å². The number of ether oxygens (including phenoxy) is 4. The summed E-state index contributed by atoms with van der Waals surface area (Å²) in [6.45, 7) is -4.21. The minimum atomic E-state index is -5.46. The van der Waals surface area contributed by atoms with Gasteiger partial charge in [-0.2, -0.15) is 0 Å². The van der Waals surface area contributed by atoms with E-state index < -0.39 is 101 Å². The zero-order valence-corrected chi connectivity index (χ0v) is 35.2. The third-order valence-electron chi connectivity index (χ3n) is 9.90. The highest BCUT2D eigenvalue weighted by molar-refractivity contribution is 8.54. The summed E-state index contributed by atoms with van der Waals surface area (Å²) in [5, 5.41) is 0. The molecule has 2 aromatic carbocycles. The molecular formula is C36H40FN7O14P2S. The van der Waals surface area contributed by atoms with Crippen LogP contribution in [0.15, 0.2) is 73.5 Å². The Bertz CT molecular complexity index is 2410. The average molecular weight is 908 g/mol. The second kappa shape index (κ2) is 18.1. The van der Waals surface area contributed by atoms with E-state index in [4.69, 9.17) is 42.8 Å². The van der Waals surface area contributed by atoms with E-state index in [1.165, 1.54) is 24.3 Å². The Balaban J connectivity index is 0.00000561. The number of imidazole rings is 1. The molecule has 3 fully saturated rings. The highest BCUT2D eigenvalue weighted by Crippen LogP contribution is 2.64. The number of rotatable bonds is 8. The smallest absolute Gasteiger partial charge is 0.389 e. The van der Waals surface area contributed by atoms with Gasteiger partial charge in [-0.05, 0) is 54.2 Å². The van der Waals surface area contributed by atoms with Crippen molar-refractivity contribution in [2.24, 2.45) is 0 Å². The Labute approximate surface area is 350 Å². The lowest BCUT2D eigenvalue weighted by atomic mass is 10.1. The molecule has 4 aliphatic heterocycles. The molecule has 4 aromatic rings. The number of quaternary nitrogens is 1. The van der Waals surface area contributed by atoms with Gasteiger partial charge in [0.1, 0.15) is 48.1 Å². The van der Waals surface area contributed by atoms with Crippen LogP contribution in [0.25, 0.3) is 11.2 Å². The van der Waals surface area contributed by atoms with E-state index in [1.807, 2.05) is 6.92 Å². The van der Waals surface area contributed by atoms with Crippen LogP contribution >= 0.6 is 26.0 Å². The molecule has 8 rings (SSSR count). The van der Waals surface area contributed by atoms with E-state index in [9.17, 15) is 28.4 Å². The molecule has 1 unspecified atom stereocenters. The Morgan fingerprint density at radius 1 is 0.984 bits per heavy atom. The second-order valence-corrected chi connectivity index (χ2v) is 19.3. The molecule has 0 spiro atoms. The highest BCUT2D eigenvalue weighted by atomic mass is 32.7. The first-order chi connectivity index (χ1) is 28.7. The molecule has 6 heterocycles. The largest absolute Gasteiger partial charge is 0.756 e. The number of phosphoric acid groups is 1. The molecule has 6 N–H and O–H groups in total. The Morgan fingerprint density at radius 3 is 2.43 bits per heavy atom. The Kier molecular flexibility index (Phi) is 13.2. The third kappa shape index (κ3) is 9.48. The van der Waals surface area contributed by atoms with Crippen molar-refractivity contribution in [3.63, 3.8) is 0 Å². The number of anilines is 1. The zero-order valence-electron chi connectivity index (χ0n) is 32.6. The fourth-order valence-electron chi connectivity index (χ4n) is 6.86. The van der Waals surface area contributed by atoms with Gasteiger partial charge in [-0.3, -0.25) is 32.7 Å². The van der Waals surface area contributed by atoms with Gasteiger partial charge < -0.3 is 44.8 Å². The number of alkyl halides is 1. The van der Waals surface area contributed by atoms with E-state index in [-0.39, 0.29) is 34.6 Å². The summed E-state index contributed by atoms with van der Waals surface area (Å²) in [6.07, 6.45) is -8.68. The standard InChI is InChI=1S/C36H37FN6O14P2S.H3N/c1-19-3-7-21(8-4-19)36(46)53-23-9-5-20(6-10-23)16-60-59(49)52-14-24-27(37)30(34(54-24)42-12-11-22(44)13-26(42)45)56-58(47,48)51-15-25-29(57-59)31(50-2)35(55-25)43-18-41-28-32(38)39-17-40-33(28)43;/h3-12,17-18,24-25,27,29-31,34-35H,13-16H2,1-2H3,(H,47,48)(H2,38,39,40);1H3/t24-,25-,27-,29-,30-,31-,34-,35-,59-;/m1./s1. The molecule has 4 aliphatic rings. The molecule has 2 aromatic heterocycles. The number of benzene rings is 2. The highest BCUT2D eigenvalue weighted by Gasteiger charge is 2.55. The second-order valence-electron chi connectivity index (χ2n) is 13.9. The Hall–Kier alpha value is -4.48. The number of amides is 1. The zero-order chi connectivity index (χ0) is 42.3. The number of fused-ring (bicyclic) bond motifs is 4. The van der Waals surface area contributed by atoms with E-state index in [2.05, 4.69) is 15.0 Å². The number of nitrogens with two attached hydrogens (primary N) is 1. The lowest BCUT2D eigenvalue weighted by Crippen LogP contribution is -2.47. The van der Waals surface area contributed by atoms with E-state index in [0.717, 1.165) is 22.7 Å². The molecule has 10 atom stereocenters. The maximum atomic E-state index is 16.2. The van der Waals surface area contributed by atoms with Gasteiger partial charge in [0.05, 0.1) is 31.5 Å². The molecule has 21 nitrogen and oxygen atoms in total. The predicted octanol–water partition coefficient (Wildman–Crippen LogP) is 3.93. The first-order valence-electron chi connectivity index (χ1n) is 18.2. The van der Waals surface area contributed by atoms with Gasteiger partial charge in [-0.15, -0.1) is 0 Å². The maximum absolute atomic E-state index is 16.2. The molecule has 3 saturated heterocycles. The molecule has 0 aliphatic carbocycles. The SMILES string of the molecule is CO[C@@H]1[C@@H]2O[P@](=O)(SCc3ccc(OC(=O)c4ccc(C)cc4)cc3)OC[C@H]3O[C@@H](N4C=CC(=O)CC4=O)[C@H](OP(=O)([O-])OC[C@H]2O[C@H]1n1cnc2c(N)ncnc21)[C@@H]3F.[NH4+]. The van der Waals surface area contributed by atoms with E-state index >= 15 is 4.39 Å². The number of ketones is 1. The minimum Gasteiger partial charge on any atom is -0.756 e. The first-order valence-corrected chi connectivity index (χ1v) is 22.8. The quantitative estimate of drug-likeness (QED) is 0.110. The lowest BCUT2D eigenvalue weighted by Gasteiger charge is -2.34. The van der Waals surface area contributed by atoms with Crippen molar-refractivity contribution >= 4 is 60.6 Å². The Morgan fingerprint density at radius 2 is 1.70 bits per heavy atom. The molecule has 61 heavy (non-hydrogen) atoms. The van der Waals surface area contributed by atoms with Gasteiger partial charge in [0.15, 0.2) is 35.9 Å². The fraction of sp³-hybridized carbons (Fsp3) is 0.389. The molecule has 25 heteroatoms. The number of nitrogen functional groups attached to an aromatic ring is 1. The molecule has 0 saturated carbocycles. The summed E-state index contributed by atoms with van der Waals surface area (Å²) < 4.78 is 92.0. The summed E-state index contributed by atoms with van der Waals surface area (Å²) in [7, 11) is -4.14. The fourth-order valence-corrected chi connectivity index (χ4v) is 11.2. The molecule has 2 bridgehead atoms. The van der Waals surface area contributed by atoms with Gasteiger partial charge >= 0.3 is 12.8 Å². The van der Waals surface area contributed by atoms with Crippen LogP contribution < -0.4 is 21.5 Å². The number of aromatic nitrogens is 4. The van der Waals surface area contributed by atoms with Gasteiger partial charge in [0, 0.05) is 19.1 Å². The van der Waals surface area contributed by atoms with Gasteiger partial charge in [0.2, 0.25) is 5.91 Å². The average Bonchev–Trinajstić information content (AvgIpc) is 3.89. The minimum absolute atomic E-state index is 0. The number of esters is 1. The maximum Gasteiger partial charge on any atom is 0.389 e. The van der Waals surface area contributed by atoms with Crippen LogP contribution in [0.3, 0.4) is 0 Å². The van der Waals surface area contributed by atoms with Crippen LogP contribution in [0, 0.1) is 6.92 Å². The number of carbonyl (C=O) groups is 3. The number of carbonyl (C=O) groups excluding carboxylic acids is 3. The topological polar surface area (TPSA) is 292 Å². The van der Waals surface area contributed by atoms with Gasteiger partial charge in [-0.25, -0.2) is 28.7 Å². The molecule has 0 radical (unpaired) electrons. The van der Waals surface area contributed by atoms with Crippen molar-refractivity contribution in [3.05, 3.63) is 90.2 Å². The molecular weight excluding hydrogens is 867 g/mol. The van der Waals surface area contributed by atoms with Gasteiger partial charge in [0.25, 0.3) is 7.82 Å². The number of hydrogen-bond donors (Lipinski definition) is 2. The van der Waals surface area contributed by atoms with Crippen LogP contribution in [0.1, 0.15) is 34.1 Å². The van der Waals surface area contributed by atoms with Crippen molar-refractivity contribution in [1.29, 1.82) is 0 Å². The van der Waals surface area contributed by atoms with Crippen LogP contribution in [0.5, 0.6) is 5.75 Å². The summed E-state index contributed by atoms with van der Waals surface area (Å²) in [6, 6.07) is 13.2.